The molecule has 0 spiro atoms. The lowest BCUT2D eigenvalue weighted by Crippen LogP contribution is -2.52. The number of hydrogen-bond donors (Lipinski definition) is 2. The van der Waals surface area contributed by atoms with E-state index < -0.39 is 17.0 Å². The average molecular weight is 316 g/mol. The quantitative estimate of drug-likeness (QED) is 0.867. The van der Waals surface area contributed by atoms with Gasteiger partial charge in [-0.1, -0.05) is 31.5 Å². The molecule has 3 heteroatoms. The monoisotopic (exact) mass is 316 g/mol. The van der Waals surface area contributed by atoms with Crippen LogP contribution < -0.4 is 0 Å². The van der Waals surface area contributed by atoms with Crippen LogP contribution in [-0.4, -0.2) is 16.2 Å². The molecule has 126 valence electrons. The van der Waals surface area contributed by atoms with Crippen LogP contribution in [0.5, 0.6) is 0 Å². The SMILES string of the molecule is CC(C)(O)c1ccc2c(c1)CC[C@H]1[C@](C)(C(=O)O)CCC[C@@]21C. The van der Waals surface area contributed by atoms with Crippen LogP contribution in [-0.2, 0) is 22.2 Å². The van der Waals surface area contributed by atoms with Crippen LogP contribution >= 0.6 is 0 Å². The minimum absolute atomic E-state index is 0.0723. The molecule has 3 atom stereocenters. The minimum atomic E-state index is -0.838. The third-order valence-corrected chi connectivity index (χ3v) is 6.55. The molecule has 1 saturated carbocycles. The first-order valence-electron chi connectivity index (χ1n) is 8.69. The fraction of sp³-hybridized carbons (Fsp3) is 0.650. The van der Waals surface area contributed by atoms with Gasteiger partial charge >= 0.3 is 5.97 Å². The predicted molar refractivity (Wildman–Crippen MR) is 90.4 cm³/mol. The molecule has 0 aromatic heterocycles. The van der Waals surface area contributed by atoms with Gasteiger partial charge in [0.05, 0.1) is 11.0 Å². The van der Waals surface area contributed by atoms with E-state index in [0.717, 1.165) is 37.7 Å². The van der Waals surface area contributed by atoms with Crippen LogP contribution in [0.3, 0.4) is 0 Å². The van der Waals surface area contributed by atoms with E-state index in [4.69, 9.17) is 0 Å². The lowest BCUT2D eigenvalue weighted by molar-refractivity contribution is -0.157. The van der Waals surface area contributed by atoms with Gasteiger partial charge in [-0.25, -0.2) is 0 Å². The van der Waals surface area contributed by atoms with Crippen molar-refractivity contribution >= 4 is 5.97 Å². The standard InChI is InChI=1S/C20H28O3/c1-18(2,23)14-7-8-15-13(12-14)6-9-16-19(15,3)10-5-11-20(16,4)17(21)22/h7-8,12,16,23H,5-6,9-11H2,1-4H3,(H,21,22)/t16-,19+,20-/m1/s1. The first-order chi connectivity index (χ1) is 10.6. The van der Waals surface area contributed by atoms with Gasteiger partial charge in [0.25, 0.3) is 0 Å². The Morgan fingerprint density at radius 2 is 1.96 bits per heavy atom. The number of benzene rings is 1. The third-order valence-electron chi connectivity index (χ3n) is 6.55. The zero-order valence-electron chi connectivity index (χ0n) is 14.6. The maximum absolute atomic E-state index is 11.9. The fourth-order valence-corrected chi connectivity index (χ4v) is 5.13. The number of carbonyl (C=O) groups is 1. The van der Waals surface area contributed by atoms with Gasteiger partial charge in [0.2, 0.25) is 0 Å². The van der Waals surface area contributed by atoms with Crippen molar-refractivity contribution in [2.24, 2.45) is 11.3 Å². The smallest absolute Gasteiger partial charge is 0.309 e. The average Bonchev–Trinajstić information content (AvgIpc) is 2.45. The van der Waals surface area contributed by atoms with Crippen molar-refractivity contribution in [1.29, 1.82) is 0 Å². The second kappa shape index (κ2) is 5.07. The first kappa shape index (κ1) is 16.5. The van der Waals surface area contributed by atoms with Gasteiger partial charge < -0.3 is 10.2 Å². The van der Waals surface area contributed by atoms with E-state index in [-0.39, 0.29) is 11.3 Å². The van der Waals surface area contributed by atoms with Crippen LogP contribution in [0.2, 0.25) is 0 Å². The highest BCUT2D eigenvalue weighted by atomic mass is 16.4. The highest BCUT2D eigenvalue weighted by Gasteiger charge is 2.55. The second-order valence-electron chi connectivity index (χ2n) is 8.52. The van der Waals surface area contributed by atoms with E-state index in [1.54, 1.807) is 0 Å². The summed E-state index contributed by atoms with van der Waals surface area (Å²) in [6, 6.07) is 6.28. The summed E-state index contributed by atoms with van der Waals surface area (Å²) in [6.45, 7) is 7.81. The topological polar surface area (TPSA) is 57.5 Å². The highest BCUT2D eigenvalue weighted by Crippen LogP contribution is 2.57. The molecule has 0 heterocycles. The molecule has 0 bridgehead atoms. The van der Waals surface area contributed by atoms with Crippen molar-refractivity contribution in [3.8, 4) is 0 Å². The molecule has 2 aliphatic carbocycles. The summed E-state index contributed by atoms with van der Waals surface area (Å²) in [5.74, 6) is -0.466. The van der Waals surface area contributed by atoms with Gasteiger partial charge in [0.15, 0.2) is 0 Å². The lowest BCUT2D eigenvalue weighted by atomic mass is 9.50. The van der Waals surface area contributed by atoms with Gasteiger partial charge in [-0.05, 0) is 74.5 Å². The maximum atomic E-state index is 11.9. The van der Waals surface area contributed by atoms with Gasteiger partial charge in [-0.3, -0.25) is 4.79 Å². The normalized spacial score (nSPS) is 33.7. The van der Waals surface area contributed by atoms with Crippen LogP contribution in [0, 0.1) is 11.3 Å². The van der Waals surface area contributed by atoms with Gasteiger partial charge in [-0.15, -0.1) is 0 Å². The number of carboxylic acids is 1. The van der Waals surface area contributed by atoms with Crippen LogP contribution in [0.15, 0.2) is 18.2 Å². The number of carboxylic acid groups (broad SMARTS) is 1. The summed E-state index contributed by atoms with van der Waals surface area (Å²) in [5.41, 5.74) is 1.99. The molecule has 0 saturated heterocycles. The molecule has 2 N–H and O–H groups in total. The highest BCUT2D eigenvalue weighted by molar-refractivity contribution is 5.75. The molecule has 2 aliphatic rings. The van der Waals surface area contributed by atoms with Crippen LogP contribution in [0.1, 0.15) is 70.1 Å². The van der Waals surface area contributed by atoms with Crippen molar-refractivity contribution in [2.75, 3.05) is 0 Å². The predicted octanol–water partition coefficient (Wildman–Crippen LogP) is 4.01. The van der Waals surface area contributed by atoms with E-state index in [1.807, 2.05) is 26.8 Å². The van der Waals surface area contributed by atoms with Crippen molar-refractivity contribution < 1.29 is 15.0 Å². The third kappa shape index (κ3) is 2.40. The lowest BCUT2D eigenvalue weighted by Gasteiger charge is -2.53. The number of fused-ring (bicyclic) bond motifs is 3. The largest absolute Gasteiger partial charge is 0.481 e. The molecule has 0 aliphatic heterocycles. The van der Waals surface area contributed by atoms with Crippen molar-refractivity contribution in [3.05, 3.63) is 34.9 Å². The summed E-state index contributed by atoms with van der Waals surface area (Å²) in [7, 11) is 0. The van der Waals surface area contributed by atoms with E-state index >= 15 is 0 Å². The zero-order valence-corrected chi connectivity index (χ0v) is 14.6. The van der Waals surface area contributed by atoms with Gasteiger partial charge in [-0.2, -0.15) is 0 Å². The van der Waals surface area contributed by atoms with Gasteiger partial charge in [0, 0.05) is 0 Å². The van der Waals surface area contributed by atoms with Crippen molar-refractivity contribution in [1.82, 2.24) is 0 Å². The molecular weight excluding hydrogens is 288 g/mol. The number of hydrogen-bond acceptors (Lipinski definition) is 2. The zero-order chi connectivity index (χ0) is 17.0. The molecule has 3 nitrogen and oxygen atoms in total. The molecule has 0 amide bonds. The Morgan fingerprint density at radius 1 is 1.26 bits per heavy atom. The summed E-state index contributed by atoms with van der Waals surface area (Å²) in [4.78, 5) is 11.9. The van der Waals surface area contributed by atoms with Crippen LogP contribution in [0.25, 0.3) is 0 Å². The Balaban J connectivity index is 2.08. The number of aryl methyl sites for hydroxylation is 1. The Kier molecular flexibility index (Phi) is 3.64. The summed E-state index contributed by atoms with van der Waals surface area (Å²) >= 11 is 0. The fourth-order valence-electron chi connectivity index (χ4n) is 5.13. The summed E-state index contributed by atoms with van der Waals surface area (Å²) < 4.78 is 0. The van der Waals surface area contributed by atoms with E-state index in [1.165, 1.54) is 11.1 Å². The summed E-state index contributed by atoms with van der Waals surface area (Å²) in [5, 5.41) is 20.1. The Labute approximate surface area is 138 Å². The molecule has 0 unspecified atom stereocenters. The molecule has 1 aromatic carbocycles. The maximum Gasteiger partial charge on any atom is 0.309 e. The van der Waals surface area contributed by atoms with E-state index in [0.29, 0.717) is 0 Å². The Morgan fingerprint density at radius 3 is 2.57 bits per heavy atom. The second-order valence-corrected chi connectivity index (χ2v) is 8.52. The molecule has 1 fully saturated rings. The number of aliphatic hydroxyl groups is 1. The van der Waals surface area contributed by atoms with Gasteiger partial charge in [0.1, 0.15) is 0 Å². The summed E-state index contributed by atoms with van der Waals surface area (Å²) in [6.07, 6.45) is 4.61. The van der Waals surface area contributed by atoms with E-state index in [2.05, 4.69) is 19.1 Å². The first-order valence-corrected chi connectivity index (χ1v) is 8.69. The molecule has 1 aromatic rings. The molecule has 3 rings (SSSR count). The minimum Gasteiger partial charge on any atom is -0.481 e. The number of aliphatic carboxylic acids is 1. The molecular formula is C20H28O3. The Hall–Kier alpha value is -1.35. The Bertz CT molecular complexity index is 643. The van der Waals surface area contributed by atoms with Crippen molar-refractivity contribution in [2.45, 2.75) is 70.8 Å². The number of rotatable bonds is 2. The molecule has 23 heavy (non-hydrogen) atoms. The van der Waals surface area contributed by atoms with Crippen LogP contribution in [0.4, 0.5) is 0 Å². The van der Waals surface area contributed by atoms with E-state index in [9.17, 15) is 15.0 Å². The van der Waals surface area contributed by atoms with Crippen molar-refractivity contribution in [3.63, 3.8) is 0 Å². The molecule has 0 radical (unpaired) electrons.